The molecule has 0 atom stereocenters. The van der Waals surface area contributed by atoms with E-state index in [0.717, 1.165) is 22.9 Å². The van der Waals surface area contributed by atoms with Gasteiger partial charge in [0.2, 0.25) is 0 Å². The molecule has 0 aliphatic carbocycles. The molecule has 0 radical (unpaired) electrons. The van der Waals surface area contributed by atoms with Crippen LogP contribution in [0, 0.1) is 6.92 Å². The number of nitrogens with one attached hydrogen (secondary N) is 1. The van der Waals surface area contributed by atoms with E-state index in [1.54, 1.807) is 0 Å². The second-order valence-electron chi connectivity index (χ2n) is 4.53. The van der Waals surface area contributed by atoms with Crippen molar-refractivity contribution in [1.29, 1.82) is 0 Å². The molecule has 0 aliphatic heterocycles. The van der Waals surface area contributed by atoms with Gasteiger partial charge in [0, 0.05) is 10.9 Å². The van der Waals surface area contributed by atoms with E-state index < -0.39 is 5.97 Å². The van der Waals surface area contributed by atoms with E-state index in [-0.39, 0.29) is 12.2 Å². The zero-order valence-electron chi connectivity index (χ0n) is 11.4. The van der Waals surface area contributed by atoms with Crippen LogP contribution >= 0.6 is 0 Å². The molecule has 0 aliphatic rings. The van der Waals surface area contributed by atoms with Crippen LogP contribution in [0.25, 0.3) is 10.9 Å². The molecule has 0 unspecified atom stereocenters. The maximum atomic E-state index is 12.0. The van der Waals surface area contributed by atoms with Crippen LogP contribution in [0.4, 0.5) is 0 Å². The number of carbonyl (C=O) groups is 2. The van der Waals surface area contributed by atoms with Gasteiger partial charge >= 0.3 is 5.97 Å². The van der Waals surface area contributed by atoms with Crippen molar-refractivity contribution >= 4 is 22.7 Å². The van der Waals surface area contributed by atoms with Gasteiger partial charge in [-0.2, -0.15) is 0 Å². The van der Waals surface area contributed by atoms with Gasteiger partial charge in [0.15, 0.2) is 5.78 Å². The Labute approximate surface area is 111 Å². The summed E-state index contributed by atoms with van der Waals surface area (Å²) in [5, 5.41) is 1.03. The van der Waals surface area contributed by atoms with E-state index in [1.807, 2.05) is 19.1 Å². The molecule has 0 bridgehead atoms. The minimum absolute atomic E-state index is 0.231. The van der Waals surface area contributed by atoms with Crippen LogP contribution in [0.15, 0.2) is 18.2 Å². The molecular formula is C15H17NO3. The smallest absolute Gasteiger partial charge is 0.313 e. The van der Waals surface area contributed by atoms with Crippen molar-refractivity contribution in [2.24, 2.45) is 0 Å². The van der Waals surface area contributed by atoms with Crippen molar-refractivity contribution in [3.05, 3.63) is 35.0 Å². The lowest BCUT2D eigenvalue weighted by Gasteiger charge is -1.99. The molecule has 19 heavy (non-hydrogen) atoms. The number of ether oxygens (including phenoxy) is 1. The molecule has 0 fully saturated rings. The van der Waals surface area contributed by atoms with Gasteiger partial charge in [-0.1, -0.05) is 13.0 Å². The van der Waals surface area contributed by atoms with Gasteiger partial charge in [0.05, 0.1) is 12.8 Å². The first kappa shape index (κ1) is 13.3. The highest BCUT2D eigenvalue weighted by Crippen LogP contribution is 2.24. The Morgan fingerprint density at radius 2 is 2.05 bits per heavy atom. The zero-order valence-corrected chi connectivity index (χ0v) is 11.4. The quantitative estimate of drug-likeness (QED) is 0.522. The SMILES string of the molecule is CCc1ccc2[nH]c(C(=O)CC(=O)OC)c(C)c2c1. The van der Waals surface area contributed by atoms with E-state index in [1.165, 1.54) is 12.7 Å². The van der Waals surface area contributed by atoms with Crippen LogP contribution in [-0.2, 0) is 16.0 Å². The summed E-state index contributed by atoms with van der Waals surface area (Å²) in [6, 6.07) is 6.08. The first-order valence-corrected chi connectivity index (χ1v) is 6.28. The number of methoxy groups -OCH3 is 1. The number of benzene rings is 1. The molecule has 1 N–H and O–H groups in total. The highest BCUT2D eigenvalue weighted by Gasteiger charge is 2.18. The van der Waals surface area contributed by atoms with Crippen molar-refractivity contribution in [1.82, 2.24) is 4.98 Å². The molecule has 2 rings (SSSR count). The number of aromatic nitrogens is 1. The van der Waals surface area contributed by atoms with E-state index in [4.69, 9.17) is 0 Å². The number of Topliss-reactive ketones (excluding diaryl/α,β-unsaturated/α-hetero) is 1. The maximum Gasteiger partial charge on any atom is 0.313 e. The average molecular weight is 259 g/mol. The normalized spacial score (nSPS) is 10.7. The molecule has 2 aromatic rings. The fourth-order valence-electron chi connectivity index (χ4n) is 2.16. The Kier molecular flexibility index (Phi) is 3.69. The molecular weight excluding hydrogens is 242 g/mol. The number of carbonyl (C=O) groups excluding carboxylic acids is 2. The van der Waals surface area contributed by atoms with Crippen molar-refractivity contribution in [2.75, 3.05) is 7.11 Å². The van der Waals surface area contributed by atoms with Gasteiger partial charge in [0.25, 0.3) is 0 Å². The Hall–Kier alpha value is -2.10. The molecule has 1 heterocycles. The Morgan fingerprint density at radius 3 is 2.68 bits per heavy atom. The third-order valence-corrected chi connectivity index (χ3v) is 3.34. The fourth-order valence-corrected chi connectivity index (χ4v) is 2.16. The van der Waals surface area contributed by atoms with Gasteiger partial charge < -0.3 is 9.72 Å². The van der Waals surface area contributed by atoms with E-state index in [2.05, 4.69) is 22.7 Å². The van der Waals surface area contributed by atoms with Crippen molar-refractivity contribution in [3.63, 3.8) is 0 Å². The van der Waals surface area contributed by atoms with Crippen LogP contribution in [0.5, 0.6) is 0 Å². The Morgan fingerprint density at radius 1 is 1.32 bits per heavy atom. The minimum atomic E-state index is -0.516. The summed E-state index contributed by atoms with van der Waals surface area (Å²) in [6.45, 7) is 3.98. The molecule has 0 saturated carbocycles. The first-order valence-electron chi connectivity index (χ1n) is 6.28. The topological polar surface area (TPSA) is 59.2 Å². The first-order chi connectivity index (χ1) is 9.06. The Balaban J connectivity index is 2.42. The number of ketones is 1. The average Bonchev–Trinajstić information content (AvgIpc) is 2.75. The lowest BCUT2D eigenvalue weighted by atomic mass is 10.1. The Bertz CT molecular complexity index is 640. The number of rotatable bonds is 4. The standard InChI is InChI=1S/C15H17NO3/c1-4-10-5-6-12-11(7-10)9(2)15(16-12)13(17)8-14(18)19-3/h5-7,16H,4,8H2,1-3H3. The highest BCUT2D eigenvalue weighted by atomic mass is 16.5. The van der Waals surface area contributed by atoms with E-state index in [9.17, 15) is 9.59 Å². The summed E-state index contributed by atoms with van der Waals surface area (Å²) in [4.78, 5) is 26.3. The number of fused-ring (bicyclic) bond motifs is 1. The lowest BCUT2D eigenvalue weighted by Crippen LogP contribution is -2.10. The number of aromatic amines is 1. The van der Waals surface area contributed by atoms with Crippen LogP contribution in [-0.4, -0.2) is 23.8 Å². The largest absolute Gasteiger partial charge is 0.469 e. The molecule has 1 aromatic carbocycles. The second-order valence-corrected chi connectivity index (χ2v) is 4.53. The summed E-state index contributed by atoms with van der Waals surface area (Å²) in [5.41, 5.74) is 3.53. The molecule has 0 saturated heterocycles. The van der Waals surface area contributed by atoms with Crippen LogP contribution in [0.1, 0.15) is 35.0 Å². The number of H-pyrrole nitrogens is 1. The predicted molar refractivity (Wildman–Crippen MR) is 73.4 cm³/mol. The summed E-state index contributed by atoms with van der Waals surface area (Å²) >= 11 is 0. The number of hydrogen-bond acceptors (Lipinski definition) is 3. The molecule has 0 spiro atoms. The van der Waals surface area contributed by atoms with E-state index in [0.29, 0.717) is 5.69 Å². The second kappa shape index (κ2) is 5.26. The number of esters is 1. The third kappa shape index (κ3) is 2.52. The fraction of sp³-hybridized carbons (Fsp3) is 0.333. The van der Waals surface area contributed by atoms with Gasteiger partial charge in [-0.15, -0.1) is 0 Å². The minimum Gasteiger partial charge on any atom is -0.469 e. The number of hydrogen-bond donors (Lipinski definition) is 1. The van der Waals surface area contributed by atoms with Gasteiger partial charge in [-0.05, 0) is 36.6 Å². The van der Waals surface area contributed by atoms with Gasteiger partial charge in [0.1, 0.15) is 6.42 Å². The lowest BCUT2D eigenvalue weighted by molar-refractivity contribution is -0.139. The predicted octanol–water partition coefficient (Wildman–Crippen LogP) is 2.78. The van der Waals surface area contributed by atoms with Crippen LogP contribution < -0.4 is 0 Å². The summed E-state index contributed by atoms with van der Waals surface area (Å²) < 4.78 is 4.52. The van der Waals surface area contributed by atoms with Crippen LogP contribution in [0.3, 0.4) is 0 Å². The molecule has 4 nitrogen and oxygen atoms in total. The van der Waals surface area contributed by atoms with Crippen LogP contribution in [0.2, 0.25) is 0 Å². The van der Waals surface area contributed by atoms with E-state index >= 15 is 0 Å². The van der Waals surface area contributed by atoms with Crippen molar-refractivity contribution in [2.45, 2.75) is 26.7 Å². The molecule has 0 amide bonds. The van der Waals surface area contributed by atoms with Crippen molar-refractivity contribution < 1.29 is 14.3 Å². The highest BCUT2D eigenvalue weighted by molar-refractivity contribution is 6.08. The monoisotopic (exact) mass is 259 g/mol. The number of aryl methyl sites for hydroxylation is 2. The molecule has 4 heteroatoms. The zero-order chi connectivity index (χ0) is 14.0. The summed E-state index contributed by atoms with van der Waals surface area (Å²) in [6.07, 6.45) is 0.719. The summed E-state index contributed by atoms with van der Waals surface area (Å²) in [5.74, 6) is -0.754. The summed E-state index contributed by atoms with van der Waals surface area (Å²) in [7, 11) is 1.28. The maximum absolute atomic E-state index is 12.0. The molecule has 100 valence electrons. The van der Waals surface area contributed by atoms with Gasteiger partial charge in [-0.25, -0.2) is 0 Å². The van der Waals surface area contributed by atoms with Crippen molar-refractivity contribution in [3.8, 4) is 0 Å². The van der Waals surface area contributed by atoms with Gasteiger partial charge in [-0.3, -0.25) is 9.59 Å². The third-order valence-electron chi connectivity index (χ3n) is 3.34. The molecule has 1 aromatic heterocycles.